The largest absolute Gasteiger partial charge is 0.481 e. The number of nitrogens with zero attached hydrogens (tertiary/aromatic N) is 1. The van der Waals surface area contributed by atoms with Gasteiger partial charge < -0.3 is 10.4 Å². The van der Waals surface area contributed by atoms with E-state index in [0.29, 0.717) is 10.6 Å². The number of aromatic nitrogens is 1. The summed E-state index contributed by atoms with van der Waals surface area (Å²) in [6, 6.07) is 12.9. The van der Waals surface area contributed by atoms with Gasteiger partial charge in [0.25, 0.3) is 5.91 Å². The first kappa shape index (κ1) is 18.1. The molecule has 2 aromatic carbocycles. The molecule has 2 N–H and O–H groups in total. The van der Waals surface area contributed by atoms with E-state index in [2.05, 4.69) is 10.3 Å². The third-order valence-corrected chi connectivity index (χ3v) is 5.53. The Morgan fingerprint density at radius 1 is 1.19 bits per heavy atom. The highest BCUT2D eigenvalue weighted by Gasteiger charge is 2.23. The van der Waals surface area contributed by atoms with E-state index in [1.165, 1.54) is 11.3 Å². The molecule has 26 heavy (non-hydrogen) atoms. The van der Waals surface area contributed by atoms with Gasteiger partial charge in [0.1, 0.15) is 4.88 Å². The standard InChI is InChI=1S/C20H20N2O3S/c1-3-17-21-12(2)19(26-17)20(25)22-16(11-18(23)24)15-10-6-8-13-7-4-5-9-14(13)15/h4-10,16H,3,11H2,1-2H3,(H,22,25)(H,23,24)/t16-/m1/s1. The molecule has 3 aromatic rings. The van der Waals surface area contributed by atoms with Crippen LogP contribution in [0.3, 0.4) is 0 Å². The van der Waals surface area contributed by atoms with Gasteiger partial charge in [0, 0.05) is 0 Å². The van der Waals surface area contributed by atoms with Crippen molar-refractivity contribution < 1.29 is 14.7 Å². The van der Waals surface area contributed by atoms with Gasteiger partial charge in [0.15, 0.2) is 0 Å². The molecule has 3 rings (SSSR count). The van der Waals surface area contributed by atoms with Crippen molar-refractivity contribution in [2.24, 2.45) is 0 Å². The molecule has 1 atom stereocenters. The number of carboxylic acid groups (broad SMARTS) is 1. The molecule has 1 heterocycles. The Hall–Kier alpha value is -2.73. The van der Waals surface area contributed by atoms with Crippen molar-refractivity contribution in [1.29, 1.82) is 0 Å². The lowest BCUT2D eigenvalue weighted by atomic mass is 9.96. The number of nitrogens with one attached hydrogen (secondary N) is 1. The molecule has 1 amide bonds. The zero-order valence-corrected chi connectivity index (χ0v) is 15.5. The Morgan fingerprint density at radius 3 is 2.62 bits per heavy atom. The van der Waals surface area contributed by atoms with Gasteiger partial charge in [0.05, 0.1) is 23.2 Å². The fraction of sp³-hybridized carbons (Fsp3) is 0.250. The molecule has 1 aromatic heterocycles. The van der Waals surface area contributed by atoms with E-state index in [9.17, 15) is 14.7 Å². The quantitative estimate of drug-likeness (QED) is 0.686. The molecule has 0 bridgehead atoms. The smallest absolute Gasteiger partial charge is 0.305 e. The summed E-state index contributed by atoms with van der Waals surface area (Å²) in [5.41, 5.74) is 1.48. The lowest BCUT2D eigenvalue weighted by Crippen LogP contribution is -2.30. The summed E-state index contributed by atoms with van der Waals surface area (Å²) in [6.45, 7) is 3.79. The molecule has 0 saturated heterocycles. The number of carbonyl (C=O) groups is 2. The van der Waals surface area contributed by atoms with Gasteiger partial charge in [-0.3, -0.25) is 9.59 Å². The highest BCUT2D eigenvalue weighted by Crippen LogP contribution is 2.27. The van der Waals surface area contributed by atoms with Gasteiger partial charge in [-0.05, 0) is 29.7 Å². The number of thiazole rings is 1. The lowest BCUT2D eigenvalue weighted by Gasteiger charge is -2.19. The van der Waals surface area contributed by atoms with Gasteiger partial charge in [-0.15, -0.1) is 11.3 Å². The molecule has 6 heteroatoms. The van der Waals surface area contributed by atoms with E-state index in [-0.39, 0.29) is 12.3 Å². The summed E-state index contributed by atoms with van der Waals surface area (Å²) in [5, 5.41) is 15.1. The maximum Gasteiger partial charge on any atom is 0.305 e. The van der Waals surface area contributed by atoms with Gasteiger partial charge >= 0.3 is 5.97 Å². The number of rotatable bonds is 6. The average Bonchev–Trinajstić information content (AvgIpc) is 3.01. The lowest BCUT2D eigenvalue weighted by molar-refractivity contribution is -0.137. The van der Waals surface area contributed by atoms with Crippen molar-refractivity contribution in [2.75, 3.05) is 0 Å². The minimum Gasteiger partial charge on any atom is -0.481 e. The number of carboxylic acids is 1. The topological polar surface area (TPSA) is 79.3 Å². The second-order valence-corrected chi connectivity index (χ2v) is 7.15. The van der Waals surface area contributed by atoms with Crippen LogP contribution in [-0.4, -0.2) is 22.0 Å². The normalized spacial score (nSPS) is 12.1. The molecule has 0 spiro atoms. The van der Waals surface area contributed by atoms with Crippen LogP contribution in [0.1, 0.15) is 45.3 Å². The van der Waals surface area contributed by atoms with Crippen molar-refractivity contribution >= 4 is 34.0 Å². The Kier molecular flexibility index (Phi) is 5.32. The predicted molar refractivity (Wildman–Crippen MR) is 103 cm³/mol. The summed E-state index contributed by atoms with van der Waals surface area (Å²) < 4.78 is 0. The van der Waals surface area contributed by atoms with Crippen LogP contribution in [-0.2, 0) is 11.2 Å². The van der Waals surface area contributed by atoms with E-state index in [1.807, 2.05) is 49.4 Å². The van der Waals surface area contributed by atoms with E-state index in [4.69, 9.17) is 0 Å². The van der Waals surface area contributed by atoms with Crippen molar-refractivity contribution in [1.82, 2.24) is 10.3 Å². The number of carbonyl (C=O) groups excluding carboxylic acids is 1. The van der Waals surface area contributed by atoms with Crippen LogP contribution in [0.2, 0.25) is 0 Å². The molecule has 0 aliphatic heterocycles. The first-order valence-corrected chi connectivity index (χ1v) is 9.27. The molecule has 0 unspecified atom stereocenters. The van der Waals surface area contributed by atoms with Gasteiger partial charge in [-0.25, -0.2) is 4.98 Å². The molecule has 0 saturated carbocycles. The van der Waals surface area contributed by atoms with Crippen LogP contribution in [0.4, 0.5) is 0 Å². The summed E-state index contributed by atoms with van der Waals surface area (Å²) >= 11 is 1.36. The van der Waals surface area contributed by atoms with E-state index in [1.54, 1.807) is 6.92 Å². The van der Waals surface area contributed by atoms with Gasteiger partial charge in [0.2, 0.25) is 0 Å². The summed E-state index contributed by atoms with van der Waals surface area (Å²) in [4.78, 5) is 29.1. The molecule has 0 aliphatic carbocycles. The van der Waals surface area contributed by atoms with Crippen molar-refractivity contribution in [3.63, 3.8) is 0 Å². The van der Waals surface area contributed by atoms with Crippen molar-refractivity contribution in [2.45, 2.75) is 32.7 Å². The number of aliphatic carboxylic acids is 1. The third-order valence-electron chi connectivity index (χ3n) is 4.23. The van der Waals surface area contributed by atoms with Crippen LogP contribution >= 0.6 is 11.3 Å². The zero-order chi connectivity index (χ0) is 18.7. The second-order valence-electron chi connectivity index (χ2n) is 6.07. The van der Waals surface area contributed by atoms with Gasteiger partial charge in [-0.2, -0.15) is 0 Å². The number of benzene rings is 2. The van der Waals surface area contributed by atoms with Crippen LogP contribution in [0.15, 0.2) is 42.5 Å². The van der Waals surface area contributed by atoms with Crippen LogP contribution in [0, 0.1) is 6.92 Å². The number of aryl methyl sites for hydroxylation is 2. The minimum absolute atomic E-state index is 0.182. The number of hydrogen-bond acceptors (Lipinski definition) is 4. The van der Waals surface area contributed by atoms with Crippen LogP contribution in [0.5, 0.6) is 0 Å². The zero-order valence-electron chi connectivity index (χ0n) is 14.7. The number of hydrogen-bond donors (Lipinski definition) is 2. The molecule has 0 aliphatic rings. The molecule has 5 nitrogen and oxygen atoms in total. The highest BCUT2D eigenvalue weighted by molar-refractivity contribution is 7.13. The number of fused-ring (bicyclic) bond motifs is 1. The van der Waals surface area contributed by atoms with E-state index >= 15 is 0 Å². The fourth-order valence-corrected chi connectivity index (χ4v) is 3.91. The molecule has 0 radical (unpaired) electrons. The Bertz CT molecular complexity index is 959. The SMILES string of the molecule is CCc1nc(C)c(C(=O)N[C@H](CC(=O)O)c2cccc3ccccc23)s1. The third kappa shape index (κ3) is 3.75. The fourth-order valence-electron chi connectivity index (χ4n) is 3.01. The predicted octanol–water partition coefficient (Wildman–Crippen LogP) is 4.11. The first-order chi connectivity index (χ1) is 12.5. The molecular formula is C20H20N2O3S. The molecular weight excluding hydrogens is 348 g/mol. The summed E-state index contributed by atoms with van der Waals surface area (Å²) in [7, 11) is 0. The van der Waals surface area contributed by atoms with Crippen LogP contribution < -0.4 is 5.32 Å². The monoisotopic (exact) mass is 368 g/mol. The second kappa shape index (κ2) is 7.66. The number of amides is 1. The first-order valence-electron chi connectivity index (χ1n) is 8.46. The summed E-state index contributed by atoms with van der Waals surface area (Å²) in [6.07, 6.45) is 0.582. The Morgan fingerprint density at radius 2 is 1.92 bits per heavy atom. The summed E-state index contributed by atoms with van der Waals surface area (Å²) in [5.74, 6) is -1.24. The average molecular weight is 368 g/mol. The molecule has 134 valence electrons. The Balaban J connectivity index is 1.96. The van der Waals surface area contributed by atoms with Gasteiger partial charge in [-0.1, -0.05) is 49.4 Å². The van der Waals surface area contributed by atoms with Crippen LogP contribution in [0.25, 0.3) is 10.8 Å². The maximum absolute atomic E-state index is 12.8. The van der Waals surface area contributed by atoms with Crippen molar-refractivity contribution in [3.05, 3.63) is 63.6 Å². The molecule has 0 fully saturated rings. The van der Waals surface area contributed by atoms with Crippen molar-refractivity contribution in [3.8, 4) is 0 Å². The maximum atomic E-state index is 12.8. The highest BCUT2D eigenvalue weighted by atomic mass is 32.1. The minimum atomic E-state index is -0.960. The van der Waals surface area contributed by atoms with E-state index in [0.717, 1.165) is 27.8 Å². The Labute approximate surface area is 155 Å². The van der Waals surface area contributed by atoms with E-state index < -0.39 is 12.0 Å².